The van der Waals surface area contributed by atoms with Crippen molar-refractivity contribution in [2.75, 3.05) is 19.0 Å². The molecule has 0 bridgehead atoms. The number of halogens is 1. The van der Waals surface area contributed by atoms with Gasteiger partial charge < -0.3 is 10.0 Å². The van der Waals surface area contributed by atoms with Gasteiger partial charge in [0.05, 0.1) is 17.5 Å². The lowest BCUT2D eigenvalue weighted by Gasteiger charge is -2.12. The number of rotatable bonds is 3. The summed E-state index contributed by atoms with van der Waals surface area (Å²) in [6, 6.07) is 8.66. The number of aromatic nitrogens is 1. The summed E-state index contributed by atoms with van der Waals surface area (Å²) in [5.74, 6) is -2.13. The fourth-order valence-electron chi connectivity index (χ4n) is 1.69. The van der Waals surface area contributed by atoms with Gasteiger partial charge >= 0.3 is 5.97 Å². The van der Waals surface area contributed by atoms with Gasteiger partial charge in [-0.05, 0) is 18.2 Å². The first-order chi connectivity index (χ1) is 8.99. The topological polar surface area (TPSA) is 53.4 Å². The van der Waals surface area contributed by atoms with Gasteiger partial charge in [-0.15, -0.1) is 0 Å². The molecule has 0 spiro atoms. The number of carbonyl (C=O) groups is 1. The summed E-state index contributed by atoms with van der Waals surface area (Å²) in [7, 11) is 3.85. The maximum Gasteiger partial charge on any atom is 0.338 e. The van der Waals surface area contributed by atoms with E-state index < -0.39 is 11.8 Å². The number of aromatic carboxylic acids is 1. The monoisotopic (exact) mass is 260 g/mol. The maximum atomic E-state index is 13.3. The van der Waals surface area contributed by atoms with E-state index in [1.165, 1.54) is 6.07 Å². The minimum Gasteiger partial charge on any atom is -0.478 e. The first kappa shape index (κ1) is 13.0. The van der Waals surface area contributed by atoms with Gasteiger partial charge in [0.1, 0.15) is 0 Å². The summed E-state index contributed by atoms with van der Waals surface area (Å²) < 4.78 is 13.3. The molecule has 19 heavy (non-hydrogen) atoms. The molecule has 2 aromatic rings. The Morgan fingerprint density at radius 3 is 2.42 bits per heavy atom. The van der Waals surface area contributed by atoms with E-state index in [1.54, 1.807) is 0 Å². The van der Waals surface area contributed by atoms with Gasteiger partial charge in [-0.3, -0.25) is 4.98 Å². The van der Waals surface area contributed by atoms with Crippen molar-refractivity contribution >= 4 is 11.7 Å². The fourth-order valence-corrected chi connectivity index (χ4v) is 1.69. The molecule has 0 radical (unpaired) electrons. The van der Waals surface area contributed by atoms with Crippen molar-refractivity contribution < 1.29 is 14.3 Å². The second kappa shape index (κ2) is 5.06. The van der Waals surface area contributed by atoms with Crippen LogP contribution in [-0.4, -0.2) is 30.2 Å². The number of hydrogen-bond acceptors (Lipinski definition) is 3. The molecule has 2 rings (SSSR count). The number of carboxylic acid groups (broad SMARTS) is 1. The maximum absolute atomic E-state index is 13.3. The van der Waals surface area contributed by atoms with Crippen molar-refractivity contribution in [3.05, 3.63) is 47.9 Å². The van der Waals surface area contributed by atoms with Gasteiger partial charge in [-0.25, -0.2) is 9.18 Å². The molecule has 0 atom stereocenters. The van der Waals surface area contributed by atoms with Crippen LogP contribution in [0.2, 0.25) is 0 Å². The molecular formula is C14H13FN2O2. The Bertz CT molecular complexity index is 609. The molecular weight excluding hydrogens is 247 g/mol. The highest BCUT2D eigenvalue weighted by Crippen LogP contribution is 2.22. The molecule has 98 valence electrons. The molecule has 0 saturated heterocycles. The van der Waals surface area contributed by atoms with Crippen molar-refractivity contribution in [3.63, 3.8) is 0 Å². The molecule has 0 aliphatic carbocycles. The number of carboxylic acids is 1. The number of pyridine rings is 1. The van der Waals surface area contributed by atoms with E-state index in [2.05, 4.69) is 4.98 Å². The van der Waals surface area contributed by atoms with Gasteiger partial charge in [0.15, 0.2) is 5.82 Å². The number of benzene rings is 1. The standard InChI is InChI=1S/C14H13FN2O2/c1-17(2)10-5-3-9(4-6-10)13-7-11(14(18)19)12(15)8-16-13/h3-8H,1-2H3,(H,18,19). The predicted octanol–water partition coefficient (Wildman–Crippen LogP) is 2.65. The van der Waals surface area contributed by atoms with Crippen LogP contribution in [-0.2, 0) is 0 Å². The molecule has 0 unspecified atom stereocenters. The van der Waals surface area contributed by atoms with Gasteiger partial charge in [0.2, 0.25) is 0 Å². The molecule has 1 aromatic heterocycles. The van der Waals surface area contributed by atoms with Crippen LogP contribution < -0.4 is 4.90 Å². The number of hydrogen-bond donors (Lipinski definition) is 1. The Balaban J connectivity index is 2.41. The molecule has 0 aliphatic heterocycles. The lowest BCUT2D eigenvalue weighted by Crippen LogP contribution is -2.08. The third-order valence-corrected chi connectivity index (χ3v) is 2.77. The van der Waals surface area contributed by atoms with Crippen molar-refractivity contribution in [2.45, 2.75) is 0 Å². The quantitative estimate of drug-likeness (QED) is 0.921. The van der Waals surface area contributed by atoms with Crippen LogP contribution in [0.3, 0.4) is 0 Å². The first-order valence-corrected chi connectivity index (χ1v) is 5.65. The van der Waals surface area contributed by atoms with Crippen LogP contribution in [0.5, 0.6) is 0 Å². The third kappa shape index (κ3) is 2.70. The fraction of sp³-hybridized carbons (Fsp3) is 0.143. The molecule has 0 saturated carbocycles. The van der Waals surface area contributed by atoms with Gasteiger partial charge in [-0.2, -0.15) is 0 Å². The lowest BCUT2D eigenvalue weighted by atomic mass is 10.1. The average molecular weight is 260 g/mol. The Morgan fingerprint density at radius 1 is 1.26 bits per heavy atom. The molecule has 0 fully saturated rings. The van der Waals surface area contributed by atoms with E-state index in [9.17, 15) is 9.18 Å². The van der Waals surface area contributed by atoms with Gasteiger partial charge in [-0.1, -0.05) is 12.1 Å². The molecule has 1 N–H and O–H groups in total. The first-order valence-electron chi connectivity index (χ1n) is 5.65. The van der Waals surface area contributed by atoms with Crippen molar-refractivity contribution in [1.82, 2.24) is 4.98 Å². The van der Waals surface area contributed by atoms with Crippen molar-refractivity contribution in [1.29, 1.82) is 0 Å². The number of anilines is 1. The van der Waals surface area contributed by atoms with Crippen LogP contribution >= 0.6 is 0 Å². The molecule has 0 aliphatic rings. The van der Waals surface area contributed by atoms with Crippen LogP contribution in [0.4, 0.5) is 10.1 Å². The summed E-state index contributed by atoms with van der Waals surface area (Å²) in [5, 5.41) is 8.88. The van der Waals surface area contributed by atoms with Crippen LogP contribution in [0.1, 0.15) is 10.4 Å². The molecule has 5 heteroatoms. The summed E-state index contributed by atoms with van der Waals surface area (Å²) in [5.41, 5.74) is 1.82. The average Bonchev–Trinajstić information content (AvgIpc) is 2.39. The summed E-state index contributed by atoms with van der Waals surface area (Å²) in [4.78, 5) is 16.7. The summed E-state index contributed by atoms with van der Waals surface area (Å²) in [6.07, 6.45) is 0.929. The Labute approximate surface area is 110 Å². The van der Waals surface area contributed by atoms with Gasteiger partial charge in [0, 0.05) is 25.3 Å². The highest BCUT2D eigenvalue weighted by Gasteiger charge is 2.12. The second-order valence-corrected chi connectivity index (χ2v) is 4.30. The van der Waals surface area contributed by atoms with E-state index in [4.69, 9.17) is 5.11 Å². The predicted molar refractivity (Wildman–Crippen MR) is 70.9 cm³/mol. The largest absolute Gasteiger partial charge is 0.478 e. The highest BCUT2D eigenvalue weighted by atomic mass is 19.1. The molecule has 4 nitrogen and oxygen atoms in total. The minimum absolute atomic E-state index is 0.373. The van der Waals surface area contributed by atoms with E-state index in [1.807, 2.05) is 43.3 Å². The zero-order chi connectivity index (χ0) is 14.0. The summed E-state index contributed by atoms with van der Waals surface area (Å²) >= 11 is 0. The highest BCUT2D eigenvalue weighted by molar-refractivity contribution is 5.89. The lowest BCUT2D eigenvalue weighted by molar-refractivity contribution is 0.0691. The smallest absolute Gasteiger partial charge is 0.338 e. The van der Waals surface area contributed by atoms with Crippen LogP contribution in [0.15, 0.2) is 36.5 Å². The second-order valence-electron chi connectivity index (χ2n) is 4.30. The number of nitrogens with zero attached hydrogens (tertiary/aromatic N) is 2. The summed E-state index contributed by atoms with van der Waals surface area (Å²) in [6.45, 7) is 0. The molecule has 1 heterocycles. The zero-order valence-corrected chi connectivity index (χ0v) is 10.6. The van der Waals surface area contributed by atoms with Crippen molar-refractivity contribution in [2.24, 2.45) is 0 Å². The molecule has 0 amide bonds. The van der Waals surface area contributed by atoms with E-state index >= 15 is 0 Å². The normalized spacial score (nSPS) is 10.3. The van der Waals surface area contributed by atoms with Crippen LogP contribution in [0, 0.1) is 5.82 Å². The van der Waals surface area contributed by atoms with E-state index in [0.717, 1.165) is 17.4 Å². The third-order valence-electron chi connectivity index (χ3n) is 2.77. The van der Waals surface area contributed by atoms with Crippen LogP contribution in [0.25, 0.3) is 11.3 Å². The minimum atomic E-state index is -1.30. The van der Waals surface area contributed by atoms with Gasteiger partial charge in [0.25, 0.3) is 0 Å². The van der Waals surface area contributed by atoms with E-state index in [0.29, 0.717) is 5.69 Å². The van der Waals surface area contributed by atoms with E-state index in [-0.39, 0.29) is 5.56 Å². The Kier molecular flexibility index (Phi) is 3.46. The zero-order valence-electron chi connectivity index (χ0n) is 10.6. The van der Waals surface area contributed by atoms with Crippen molar-refractivity contribution in [3.8, 4) is 11.3 Å². The molecule has 1 aromatic carbocycles. The Hall–Kier alpha value is -2.43. The SMILES string of the molecule is CN(C)c1ccc(-c2cc(C(=O)O)c(F)cn2)cc1. The Morgan fingerprint density at radius 2 is 1.89 bits per heavy atom.